The summed E-state index contributed by atoms with van der Waals surface area (Å²) in [5.41, 5.74) is 2.69. The van der Waals surface area contributed by atoms with Crippen LogP contribution >= 0.6 is 11.9 Å². The molecule has 3 unspecified atom stereocenters. The number of hydrogen-bond acceptors (Lipinski definition) is 5. The van der Waals surface area contributed by atoms with Gasteiger partial charge in [-0.3, -0.25) is 4.72 Å². The predicted octanol–water partition coefficient (Wildman–Crippen LogP) is 5.33. The van der Waals surface area contributed by atoms with Gasteiger partial charge in [0.1, 0.15) is 0 Å². The highest BCUT2D eigenvalue weighted by atomic mass is 32.2. The highest BCUT2D eigenvalue weighted by Gasteiger charge is 2.50. The van der Waals surface area contributed by atoms with Crippen molar-refractivity contribution in [2.75, 3.05) is 27.8 Å². The van der Waals surface area contributed by atoms with Gasteiger partial charge in [0.15, 0.2) is 11.5 Å². The minimum Gasteiger partial charge on any atom is -0.493 e. The number of rotatable bonds is 7. The molecule has 0 bridgehead atoms. The van der Waals surface area contributed by atoms with Gasteiger partial charge in [0.05, 0.1) is 14.2 Å². The van der Waals surface area contributed by atoms with Crippen molar-refractivity contribution in [3.63, 3.8) is 0 Å². The fourth-order valence-corrected chi connectivity index (χ4v) is 6.18. The molecule has 2 fully saturated rings. The molecule has 2 aromatic carbocycles. The Labute approximate surface area is 207 Å². The molecule has 2 aromatic rings. The largest absolute Gasteiger partial charge is 0.493 e. The first-order valence-electron chi connectivity index (χ1n) is 12.1. The number of fused-ring (bicyclic) bond motifs is 1. The number of amides is 2. The third-order valence-corrected chi connectivity index (χ3v) is 8.42. The summed E-state index contributed by atoms with van der Waals surface area (Å²) in [7, 11) is 5.56. The lowest BCUT2D eigenvalue weighted by Gasteiger charge is -2.45. The molecule has 1 aliphatic carbocycles. The average molecular weight is 484 g/mol. The van der Waals surface area contributed by atoms with E-state index in [4.69, 9.17) is 9.47 Å². The number of hydrogen-bond donors (Lipinski definition) is 2. The third kappa shape index (κ3) is 5.01. The standard InChI is InChI=1S/C27H37N3O3S/c1-18(2)19-6-9-22(10-7-19)34-29-26(31)28-21-12-13-27(14-15-30(3)25(27)17-21)20-8-11-23(32-4)24(16-20)33-5/h6-11,16,18,21,25H,12-15,17H2,1-5H3,(H2,28,29,31). The van der Waals surface area contributed by atoms with Crippen LogP contribution in [0, 0.1) is 0 Å². The topological polar surface area (TPSA) is 62.8 Å². The van der Waals surface area contributed by atoms with Crippen molar-refractivity contribution in [1.29, 1.82) is 0 Å². The fourth-order valence-electron chi connectivity index (χ4n) is 5.64. The van der Waals surface area contributed by atoms with Crippen molar-refractivity contribution in [1.82, 2.24) is 14.9 Å². The SMILES string of the molecule is COc1ccc(C23CCC(NC(=O)NSc4ccc(C(C)C)cc4)CC2N(C)CC3)cc1OC. The Morgan fingerprint density at radius 3 is 2.50 bits per heavy atom. The molecule has 0 radical (unpaired) electrons. The summed E-state index contributed by atoms with van der Waals surface area (Å²) in [6.07, 6.45) is 4.04. The highest BCUT2D eigenvalue weighted by Crippen LogP contribution is 2.49. The molecule has 2 N–H and O–H groups in total. The highest BCUT2D eigenvalue weighted by molar-refractivity contribution is 7.98. The lowest BCUT2D eigenvalue weighted by Crippen LogP contribution is -2.52. The van der Waals surface area contributed by atoms with Crippen LogP contribution in [0.3, 0.4) is 0 Å². The second-order valence-corrected chi connectivity index (χ2v) is 10.7. The van der Waals surface area contributed by atoms with Crippen molar-refractivity contribution in [2.24, 2.45) is 0 Å². The molecule has 6 nitrogen and oxygen atoms in total. The van der Waals surface area contributed by atoms with E-state index in [0.29, 0.717) is 12.0 Å². The number of methoxy groups -OCH3 is 2. The summed E-state index contributed by atoms with van der Waals surface area (Å²) < 4.78 is 14.0. The molecular formula is C27H37N3O3S. The molecule has 0 aromatic heterocycles. The lowest BCUT2D eigenvalue weighted by molar-refractivity contribution is 0.155. The van der Waals surface area contributed by atoms with Crippen LogP contribution in [0.1, 0.15) is 56.6 Å². The monoisotopic (exact) mass is 483 g/mol. The zero-order valence-electron chi connectivity index (χ0n) is 20.9. The van der Waals surface area contributed by atoms with Crippen molar-refractivity contribution in [2.45, 2.75) is 67.8 Å². The number of nitrogens with one attached hydrogen (secondary N) is 2. The maximum atomic E-state index is 12.7. The van der Waals surface area contributed by atoms with Crippen LogP contribution < -0.4 is 19.5 Å². The number of ether oxygens (including phenoxy) is 2. The molecule has 1 aliphatic heterocycles. The molecule has 1 heterocycles. The van der Waals surface area contributed by atoms with Crippen molar-refractivity contribution in [3.8, 4) is 11.5 Å². The molecule has 184 valence electrons. The van der Waals surface area contributed by atoms with Gasteiger partial charge in [-0.2, -0.15) is 0 Å². The minimum absolute atomic E-state index is 0.0792. The number of carbonyl (C=O) groups excluding carboxylic acids is 1. The molecule has 2 aliphatic rings. The van der Waals surface area contributed by atoms with E-state index in [2.05, 4.69) is 72.2 Å². The Balaban J connectivity index is 1.38. The first-order valence-corrected chi connectivity index (χ1v) is 12.9. The Bertz CT molecular complexity index is 997. The van der Waals surface area contributed by atoms with Gasteiger partial charge in [-0.1, -0.05) is 32.0 Å². The molecular weight excluding hydrogens is 446 g/mol. The van der Waals surface area contributed by atoms with E-state index < -0.39 is 0 Å². The molecule has 3 atom stereocenters. The van der Waals surface area contributed by atoms with E-state index in [0.717, 1.165) is 48.6 Å². The maximum Gasteiger partial charge on any atom is 0.325 e. The summed E-state index contributed by atoms with van der Waals surface area (Å²) in [4.78, 5) is 16.1. The first kappa shape index (κ1) is 24.7. The van der Waals surface area contributed by atoms with Gasteiger partial charge in [-0.05, 0) is 92.5 Å². The zero-order valence-corrected chi connectivity index (χ0v) is 21.7. The van der Waals surface area contributed by atoms with Gasteiger partial charge in [0.25, 0.3) is 0 Å². The summed E-state index contributed by atoms with van der Waals surface area (Å²) in [5, 5.41) is 3.22. The van der Waals surface area contributed by atoms with E-state index in [1.54, 1.807) is 14.2 Å². The van der Waals surface area contributed by atoms with E-state index in [1.165, 1.54) is 23.1 Å². The number of benzene rings is 2. The average Bonchev–Trinajstić information content (AvgIpc) is 3.19. The molecule has 0 spiro atoms. The van der Waals surface area contributed by atoms with E-state index in [1.807, 2.05) is 6.07 Å². The van der Waals surface area contributed by atoms with Gasteiger partial charge in [-0.25, -0.2) is 4.79 Å². The number of nitrogens with zero attached hydrogens (tertiary/aromatic N) is 1. The smallest absolute Gasteiger partial charge is 0.325 e. The molecule has 4 rings (SSSR count). The van der Waals surface area contributed by atoms with Crippen LogP contribution in [0.15, 0.2) is 47.4 Å². The Morgan fingerprint density at radius 2 is 1.82 bits per heavy atom. The van der Waals surface area contributed by atoms with Crippen molar-refractivity contribution < 1.29 is 14.3 Å². The van der Waals surface area contributed by atoms with Crippen molar-refractivity contribution >= 4 is 18.0 Å². The van der Waals surface area contributed by atoms with Crippen LogP contribution in [0.25, 0.3) is 0 Å². The predicted molar refractivity (Wildman–Crippen MR) is 138 cm³/mol. The van der Waals surface area contributed by atoms with Gasteiger partial charge in [-0.15, -0.1) is 0 Å². The number of likely N-dealkylation sites (N-methyl/N-ethyl adjacent to an activating group) is 1. The maximum absolute atomic E-state index is 12.7. The van der Waals surface area contributed by atoms with Gasteiger partial charge in [0.2, 0.25) is 0 Å². The van der Waals surface area contributed by atoms with Gasteiger partial charge < -0.3 is 19.7 Å². The quantitative estimate of drug-likeness (QED) is 0.522. The summed E-state index contributed by atoms with van der Waals surface area (Å²) in [5.74, 6) is 2.04. The minimum atomic E-state index is -0.123. The van der Waals surface area contributed by atoms with E-state index >= 15 is 0 Å². The number of carbonyl (C=O) groups is 1. The molecule has 1 saturated carbocycles. The Morgan fingerprint density at radius 1 is 1.09 bits per heavy atom. The lowest BCUT2D eigenvalue weighted by atomic mass is 9.65. The van der Waals surface area contributed by atoms with Crippen LogP contribution in [-0.4, -0.2) is 50.8 Å². The third-order valence-electron chi connectivity index (χ3n) is 7.63. The second kappa shape index (κ2) is 10.5. The Kier molecular flexibility index (Phi) is 7.63. The van der Waals surface area contributed by atoms with Crippen molar-refractivity contribution in [3.05, 3.63) is 53.6 Å². The number of urea groups is 1. The Hall–Kier alpha value is -2.38. The van der Waals surface area contributed by atoms with Crippen LogP contribution in [0.2, 0.25) is 0 Å². The van der Waals surface area contributed by atoms with Crippen LogP contribution in [0.4, 0.5) is 4.79 Å². The molecule has 7 heteroatoms. The summed E-state index contributed by atoms with van der Waals surface area (Å²) in [6.45, 7) is 5.42. The summed E-state index contributed by atoms with van der Waals surface area (Å²) in [6, 6.07) is 15.1. The summed E-state index contributed by atoms with van der Waals surface area (Å²) >= 11 is 1.36. The normalized spacial score (nSPS) is 24.5. The fraction of sp³-hybridized carbons (Fsp3) is 0.519. The van der Waals surface area contributed by atoms with Crippen LogP contribution in [-0.2, 0) is 5.41 Å². The first-order chi connectivity index (χ1) is 16.4. The van der Waals surface area contributed by atoms with Gasteiger partial charge in [0, 0.05) is 22.4 Å². The van der Waals surface area contributed by atoms with E-state index in [9.17, 15) is 4.79 Å². The zero-order chi connectivity index (χ0) is 24.3. The second-order valence-electron chi connectivity index (χ2n) is 9.84. The van der Waals surface area contributed by atoms with Crippen LogP contribution in [0.5, 0.6) is 11.5 Å². The molecule has 1 saturated heterocycles. The van der Waals surface area contributed by atoms with E-state index in [-0.39, 0.29) is 17.5 Å². The van der Waals surface area contributed by atoms with Gasteiger partial charge >= 0.3 is 6.03 Å². The molecule has 34 heavy (non-hydrogen) atoms. The number of likely N-dealkylation sites (tertiary alicyclic amines) is 1. The molecule has 2 amide bonds.